The first kappa shape index (κ1) is 11.3. The van der Waals surface area contributed by atoms with Crippen LogP contribution in [-0.4, -0.2) is 20.9 Å². The highest BCUT2D eigenvalue weighted by atomic mass is 19.1. The van der Waals surface area contributed by atoms with Crippen LogP contribution in [-0.2, 0) is 7.05 Å². The minimum Gasteiger partial charge on any atom is -0.478 e. The zero-order valence-corrected chi connectivity index (χ0v) is 9.44. The van der Waals surface area contributed by atoms with Gasteiger partial charge in [-0.1, -0.05) is 12.1 Å². The number of hydrogen-bond donors (Lipinski definition) is 1. The Kier molecular flexibility index (Phi) is 2.67. The average Bonchev–Trinajstić information content (AvgIpc) is 2.61. The number of hydrogen-bond acceptors (Lipinski definition) is 2. The van der Waals surface area contributed by atoms with Crippen molar-refractivity contribution in [2.45, 2.75) is 6.92 Å². The topological polar surface area (TPSA) is 55.1 Å². The highest BCUT2D eigenvalue weighted by molar-refractivity contribution is 5.95. The summed E-state index contributed by atoms with van der Waals surface area (Å²) in [5.41, 5.74) is 1.25. The van der Waals surface area contributed by atoms with Crippen LogP contribution in [0.25, 0.3) is 11.3 Å². The van der Waals surface area contributed by atoms with Crippen molar-refractivity contribution in [3.8, 4) is 11.3 Å². The number of aromatic carboxylic acids is 1. The molecular weight excluding hydrogens is 223 g/mol. The molecular formula is C12H11FN2O2. The van der Waals surface area contributed by atoms with Gasteiger partial charge in [0.05, 0.1) is 11.9 Å². The summed E-state index contributed by atoms with van der Waals surface area (Å²) in [5, 5.41) is 12.9. The van der Waals surface area contributed by atoms with Gasteiger partial charge in [-0.3, -0.25) is 4.68 Å². The molecule has 0 fully saturated rings. The van der Waals surface area contributed by atoms with E-state index in [1.807, 2.05) is 0 Å². The third-order valence-electron chi connectivity index (χ3n) is 2.63. The summed E-state index contributed by atoms with van der Waals surface area (Å²) in [6, 6.07) is 4.63. The van der Waals surface area contributed by atoms with Gasteiger partial charge < -0.3 is 5.11 Å². The van der Waals surface area contributed by atoms with Gasteiger partial charge >= 0.3 is 5.97 Å². The number of aromatic nitrogens is 2. The second-order valence-corrected chi connectivity index (χ2v) is 3.77. The van der Waals surface area contributed by atoms with Gasteiger partial charge in [0.2, 0.25) is 0 Å². The molecule has 0 aliphatic heterocycles. The molecule has 17 heavy (non-hydrogen) atoms. The van der Waals surface area contributed by atoms with E-state index >= 15 is 0 Å². The predicted octanol–water partition coefficient (Wildman–Crippen LogP) is 2.23. The van der Waals surface area contributed by atoms with Crippen LogP contribution in [0.15, 0.2) is 24.4 Å². The maximum atomic E-state index is 13.8. The molecule has 1 N–H and O–H groups in total. The molecule has 0 amide bonds. The molecule has 0 bridgehead atoms. The van der Waals surface area contributed by atoms with Crippen LogP contribution in [0.2, 0.25) is 0 Å². The fourth-order valence-electron chi connectivity index (χ4n) is 1.82. The third-order valence-corrected chi connectivity index (χ3v) is 2.63. The number of halogens is 1. The van der Waals surface area contributed by atoms with E-state index in [0.717, 1.165) is 0 Å². The molecule has 0 spiro atoms. The number of rotatable bonds is 2. The molecule has 2 aromatic rings. The number of nitrogens with zero attached hydrogens (tertiary/aromatic N) is 2. The van der Waals surface area contributed by atoms with Crippen molar-refractivity contribution in [2.75, 3.05) is 0 Å². The summed E-state index contributed by atoms with van der Waals surface area (Å²) in [6.07, 6.45) is 1.23. The van der Waals surface area contributed by atoms with Gasteiger partial charge in [-0.15, -0.1) is 0 Å². The molecule has 0 aliphatic carbocycles. The highest BCUT2D eigenvalue weighted by Gasteiger charge is 2.20. The van der Waals surface area contributed by atoms with Crippen molar-refractivity contribution in [1.82, 2.24) is 9.78 Å². The molecule has 0 saturated heterocycles. The quantitative estimate of drug-likeness (QED) is 0.866. The van der Waals surface area contributed by atoms with Crippen molar-refractivity contribution >= 4 is 5.97 Å². The predicted molar refractivity (Wildman–Crippen MR) is 60.3 cm³/mol. The second-order valence-electron chi connectivity index (χ2n) is 3.77. The van der Waals surface area contributed by atoms with Gasteiger partial charge in [-0.05, 0) is 18.6 Å². The van der Waals surface area contributed by atoms with Crippen molar-refractivity contribution in [3.63, 3.8) is 0 Å². The SMILES string of the molecule is Cc1cccc(F)c1-c1c(C(=O)O)cnn1C. The van der Waals surface area contributed by atoms with Crippen LogP contribution >= 0.6 is 0 Å². The number of carboxylic acid groups (broad SMARTS) is 1. The zero-order chi connectivity index (χ0) is 12.6. The Morgan fingerprint density at radius 1 is 1.47 bits per heavy atom. The highest BCUT2D eigenvalue weighted by Crippen LogP contribution is 2.28. The number of aryl methyl sites for hydroxylation is 2. The van der Waals surface area contributed by atoms with E-state index in [9.17, 15) is 9.18 Å². The van der Waals surface area contributed by atoms with Crippen LogP contribution < -0.4 is 0 Å². The molecule has 1 aromatic heterocycles. The molecule has 0 atom stereocenters. The zero-order valence-electron chi connectivity index (χ0n) is 9.44. The number of benzene rings is 1. The lowest BCUT2D eigenvalue weighted by Crippen LogP contribution is -2.03. The molecule has 2 rings (SSSR count). The molecule has 88 valence electrons. The monoisotopic (exact) mass is 234 g/mol. The Bertz CT molecular complexity index is 570. The molecule has 4 nitrogen and oxygen atoms in total. The molecule has 0 unspecified atom stereocenters. The van der Waals surface area contributed by atoms with E-state index in [1.165, 1.54) is 16.9 Å². The van der Waals surface area contributed by atoms with Gasteiger partial charge in [-0.2, -0.15) is 5.10 Å². The summed E-state index contributed by atoms with van der Waals surface area (Å²) < 4.78 is 15.2. The van der Waals surface area contributed by atoms with Crippen molar-refractivity contribution in [1.29, 1.82) is 0 Å². The van der Waals surface area contributed by atoms with Crippen LogP contribution in [0.3, 0.4) is 0 Å². The smallest absolute Gasteiger partial charge is 0.339 e. The number of carbonyl (C=O) groups is 1. The fraction of sp³-hybridized carbons (Fsp3) is 0.167. The number of carboxylic acids is 1. The van der Waals surface area contributed by atoms with Gasteiger partial charge in [0.1, 0.15) is 11.4 Å². The van der Waals surface area contributed by atoms with Gasteiger partial charge in [-0.25, -0.2) is 9.18 Å². The van der Waals surface area contributed by atoms with Gasteiger partial charge in [0.25, 0.3) is 0 Å². The molecule has 0 saturated carbocycles. The summed E-state index contributed by atoms with van der Waals surface area (Å²) in [5.74, 6) is -1.56. The largest absolute Gasteiger partial charge is 0.478 e. The van der Waals surface area contributed by atoms with E-state index in [0.29, 0.717) is 5.56 Å². The van der Waals surface area contributed by atoms with Gasteiger partial charge in [0, 0.05) is 12.6 Å². The Hall–Kier alpha value is -2.17. The standard InChI is InChI=1S/C12H11FN2O2/c1-7-4-3-5-9(13)10(7)11-8(12(16)17)6-14-15(11)2/h3-6H,1-2H3,(H,16,17). The molecule has 1 aromatic carbocycles. The Labute approximate surface area is 97.3 Å². The normalized spacial score (nSPS) is 10.5. The molecule has 0 radical (unpaired) electrons. The van der Waals surface area contributed by atoms with Crippen molar-refractivity contribution < 1.29 is 14.3 Å². The molecule has 5 heteroatoms. The minimum atomic E-state index is -1.12. The first-order chi connectivity index (χ1) is 8.02. The van der Waals surface area contributed by atoms with E-state index in [2.05, 4.69) is 5.10 Å². The van der Waals surface area contributed by atoms with Crippen LogP contribution in [0.4, 0.5) is 4.39 Å². The maximum Gasteiger partial charge on any atom is 0.339 e. The van der Waals surface area contributed by atoms with Crippen LogP contribution in [0, 0.1) is 12.7 Å². The van der Waals surface area contributed by atoms with Crippen molar-refractivity contribution in [3.05, 3.63) is 41.3 Å². The summed E-state index contributed by atoms with van der Waals surface area (Å²) in [4.78, 5) is 11.1. The average molecular weight is 234 g/mol. The van der Waals surface area contributed by atoms with E-state index in [1.54, 1.807) is 26.1 Å². The maximum absolute atomic E-state index is 13.8. The van der Waals surface area contributed by atoms with Gasteiger partial charge in [0.15, 0.2) is 0 Å². The molecule has 1 heterocycles. The first-order valence-electron chi connectivity index (χ1n) is 5.03. The lowest BCUT2D eigenvalue weighted by atomic mass is 10.0. The van der Waals surface area contributed by atoms with E-state index < -0.39 is 11.8 Å². The Balaban J connectivity index is 2.76. The first-order valence-corrected chi connectivity index (χ1v) is 5.03. The Morgan fingerprint density at radius 3 is 2.76 bits per heavy atom. The lowest BCUT2D eigenvalue weighted by Gasteiger charge is -2.08. The third kappa shape index (κ3) is 1.80. The van der Waals surface area contributed by atoms with Crippen LogP contribution in [0.1, 0.15) is 15.9 Å². The molecule has 0 aliphatic rings. The van der Waals surface area contributed by atoms with Crippen molar-refractivity contribution in [2.24, 2.45) is 7.05 Å². The minimum absolute atomic E-state index is 0.000648. The fourth-order valence-corrected chi connectivity index (χ4v) is 1.82. The lowest BCUT2D eigenvalue weighted by molar-refractivity contribution is 0.0697. The Morgan fingerprint density at radius 2 is 2.18 bits per heavy atom. The summed E-state index contributed by atoms with van der Waals surface area (Å²) >= 11 is 0. The second kappa shape index (κ2) is 4.01. The van der Waals surface area contributed by atoms with Crippen LogP contribution in [0.5, 0.6) is 0 Å². The summed E-state index contributed by atoms with van der Waals surface area (Å²) in [6.45, 7) is 1.73. The van der Waals surface area contributed by atoms with E-state index in [-0.39, 0.29) is 16.8 Å². The van der Waals surface area contributed by atoms with E-state index in [4.69, 9.17) is 5.11 Å². The summed E-state index contributed by atoms with van der Waals surface area (Å²) in [7, 11) is 1.59.